The number of benzene rings is 1. The highest BCUT2D eigenvalue weighted by Crippen LogP contribution is 2.28. The number of nitriles is 1. The molecule has 0 saturated carbocycles. The Morgan fingerprint density at radius 2 is 1.95 bits per heavy atom. The SMILES string of the molecule is CC(C)N1CCCC(C#N)(Nc2ccc(Cl)cc2)CC1. The van der Waals surface area contributed by atoms with Crippen LogP contribution in [0.15, 0.2) is 24.3 Å². The Morgan fingerprint density at radius 1 is 1.25 bits per heavy atom. The van der Waals surface area contributed by atoms with Gasteiger partial charge in [-0.3, -0.25) is 0 Å². The minimum Gasteiger partial charge on any atom is -0.367 e. The Labute approximate surface area is 126 Å². The molecule has 3 nitrogen and oxygen atoms in total. The van der Waals surface area contributed by atoms with Gasteiger partial charge in [-0.1, -0.05) is 11.6 Å². The van der Waals surface area contributed by atoms with Crippen molar-refractivity contribution in [3.63, 3.8) is 0 Å². The molecule has 108 valence electrons. The van der Waals surface area contributed by atoms with Gasteiger partial charge in [-0.25, -0.2) is 0 Å². The van der Waals surface area contributed by atoms with Gasteiger partial charge in [0, 0.05) is 23.3 Å². The van der Waals surface area contributed by atoms with Gasteiger partial charge in [0.05, 0.1) is 6.07 Å². The topological polar surface area (TPSA) is 39.1 Å². The number of rotatable bonds is 3. The maximum atomic E-state index is 9.65. The standard InChI is InChI=1S/C16H22ClN3/c1-13(2)20-10-3-8-16(12-18,9-11-20)19-15-6-4-14(17)5-7-15/h4-7,13,19H,3,8-11H2,1-2H3. The van der Waals surface area contributed by atoms with E-state index in [0.29, 0.717) is 11.1 Å². The lowest BCUT2D eigenvalue weighted by atomic mass is 9.92. The van der Waals surface area contributed by atoms with E-state index < -0.39 is 5.54 Å². The van der Waals surface area contributed by atoms with Gasteiger partial charge in [-0.2, -0.15) is 5.26 Å². The smallest absolute Gasteiger partial charge is 0.126 e. The Hall–Kier alpha value is -1.24. The van der Waals surface area contributed by atoms with Gasteiger partial charge in [0.15, 0.2) is 0 Å². The predicted octanol–water partition coefficient (Wildman–Crippen LogP) is 3.91. The monoisotopic (exact) mass is 291 g/mol. The molecule has 1 aromatic carbocycles. The molecule has 0 aliphatic carbocycles. The van der Waals surface area contributed by atoms with Crippen LogP contribution in [0.1, 0.15) is 33.1 Å². The summed E-state index contributed by atoms with van der Waals surface area (Å²) in [6.07, 6.45) is 2.78. The molecule has 1 N–H and O–H groups in total. The van der Waals surface area contributed by atoms with Crippen molar-refractivity contribution in [2.45, 2.75) is 44.7 Å². The van der Waals surface area contributed by atoms with Crippen molar-refractivity contribution in [2.75, 3.05) is 18.4 Å². The highest BCUT2D eigenvalue weighted by molar-refractivity contribution is 6.30. The Bertz CT molecular complexity index is 477. The average molecular weight is 292 g/mol. The van der Waals surface area contributed by atoms with E-state index in [9.17, 15) is 5.26 Å². The van der Waals surface area contributed by atoms with Crippen LogP contribution in [0.3, 0.4) is 0 Å². The largest absolute Gasteiger partial charge is 0.367 e. The van der Waals surface area contributed by atoms with Gasteiger partial charge in [0.1, 0.15) is 5.54 Å². The molecule has 1 unspecified atom stereocenters. The summed E-state index contributed by atoms with van der Waals surface area (Å²) in [6, 6.07) is 10.6. The summed E-state index contributed by atoms with van der Waals surface area (Å²) in [5.74, 6) is 0. The molecule has 4 heteroatoms. The minimum atomic E-state index is -0.461. The number of hydrogen-bond acceptors (Lipinski definition) is 3. The van der Waals surface area contributed by atoms with Crippen LogP contribution in [0, 0.1) is 11.3 Å². The second kappa shape index (κ2) is 6.47. The van der Waals surface area contributed by atoms with Gasteiger partial charge >= 0.3 is 0 Å². The fourth-order valence-electron chi connectivity index (χ4n) is 2.75. The van der Waals surface area contributed by atoms with Crippen molar-refractivity contribution in [3.05, 3.63) is 29.3 Å². The third-order valence-electron chi connectivity index (χ3n) is 4.05. The molecule has 0 bridgehead atoms. The van der Waals surface area contributed by atoms with E-state index in [0.717, 1.165) is 38.0 Å². The summed E-state index contributed by atoms with van der Waals surface area (Å²) in [5, 5.41) is 13.8. The van der Waals surface area contributed by atoms with Crippen molar-refractivity contribution < 1.29 is 0 Å². The van der Waals surface area contributed by atoms with Gasteiger partial charge in [0.2, 0.25) is 0 Å². The van der Waals surface area contributed by atoms with Crippen LogP contribution >= 0.6 is 11.6 Å². The van der Waals surface area contributed by atoms with E-state index in [2.05, 4.69) is 30.1 Å². The second-order valence-electron chi connectivity index (χ2n) is 5.81. The molecular formula is C16H22ClN3. The molecule has 1 aliphatic rings. The number of hydrogen-bond donors (Lipinski definition) is 1. The van der Waals surface area contributed by atoms with Gasteiger partial charge in [-0.05, 0) is 63.9 Å². The lowest BCUT2D eigenvalue weighted by Crippen LogP contribution is -2.38. The molecule has 1 aromatic rings. The lowest BCUT2D eigenvalue weighted by Gasteiger charge is -2.28. The number of likely N-dealkylation sites (tertiary alicyclic amines) is 1. The van der Waals surface area contributed by atoms with Crippen LogP contribution < -0.4 is 5.32 Å². The fourth-order valence-corrected chi connectivity index (χ4v) is 2.87. The number of nitrogens with one attached hydrogen (secondary N) is 1. The molecule has 0 spiro atoms. The Balaban J connectivity index is 2.10. The van der Waals surface area contributed by atoms with Gasteiger partial charge in [-0.15, -0.1) is 0 Å². The quantitative estimate of drug-likeness (QED) is 0.918. The zero-order valence-electron chi connectivity index (χ0n) is 12.2. The molecular weight excluding hydrogens is 270 g/mol. The van der Waals surface area contributed by atoms with Crippen LogP contribution in [0.25, 0.3) is 0 Å². The van der Waals surface area contributed by atoms with E-state index in [1.165, 1.54) is 0 Å². The highest BCUT2D eigenvalue weighted by atomic mass is 35.5. The summed E-state index contributed by atoms with van der Waals surface area (Å²) < 4.78 is 0. The summed E-state index contributed by atoms with van der Waals surface area (Å²) in [6.45, 7) is 6.47. The normalized spacial score (nSPS) is 24.1. The summed E-state index contributed by atoms with van der Waals surface area (Å²) in [4.78, 5) is 2.45. The molecule has 20 heavy (non-hydrogen) atoms. The molecule has 0 amide bonds. The molecule has 1 fully saturated rings. The lowest BCUT2D eigenvalue weighted by molar-refractivity contribution is 0.229. The first kappa shape index (κ1) is 15.2. The van der Waals surface area contributed by atoms with Crippen LogP contribution in [-0.2, 0) is 0 Å². The zero-order valence-corrected chi connectivity index (χ0v) is 13.0. The van der Waals surface area contributed by atoms with E-state index >= 15 is 0 Å². The van der Waals surface area contributed by atoms with Gasteiger partial charge < -0.3 is 10.2 Å². The fraction of sp³-hybridized carbons (Fsp3) is 0.562. The predicted molar refractivity (Wildman–Crippen MR) is 84.0 cm³/mol. The molecule has 0 aromatic heterocycles. The van der Waals surface area contributed by atoms with Crippen LogP contribution in [0.5, 0.6) is 0 Å². The zero-order chi connectivity index (χ0) is 14.6. The van der Waals surface area contributed by atoms with E-state index in [1.807, 2.05) is 24.3 Å². The van der Waals surface area contributed by atoms with Crippen molar-refractivity contribution in [3.8, 4) is 6.07 Å². The minimum absolute atomic E-state index is 0.461. The number of nitrogens with zero attached hydrogens (tertiary/aromatic N) is 2. The average Bonchev–Trinajstić information content (AvgIpc) is 2.65. The van der Waals surface area contributed by atoms with Crippen molar-refractivity contribution in [2.24, 2.45) is 0 Å². The van der Waals surface area contributed by atoms with Gasteiger partial charge in [0.25, 0.3) is 0 Å². The van der Waals surface area contributed by atoms with Crippen molar-refractivity contribution >= 4 is 17.3 Å². The maximum Gasteiger partial charge on any atom is 0.126 e. The molecule has 1 atom stereocenters. The van der Waals surface area contributed by atoms with Crippen molar-refractivity contribution in [1.82, 2.24) is 4.90 Å². The summed E-state index contributed by atoms with van der Waals surface area (Å²) in [7, 11) is 0. The van der Waals surface area contributed by atoms with Crippen LogP contribution in [0.2, 0.25) is 5.02 Å². The third kappa shape index (κ3) is 3.65. The third-order valence-corrected chi connectivity index (χ3v) is 4.30. The number of halogens is 1. The van der Waals surface area contributed by atoms with E-state index in [4.69, 9.17) is 11.6 Å². The molecule has 1 saturated heterocycles. The Morgan fingerprint density at radius 3 is 2.55 bits per heavy atom. The molecule has 1 aliphatic heterocycles. The van der Waals surface area contributed by atoms with Crippen molar-refractivity contribution in [1.29, 1.82) is 5.26 Å². The van der Waals surface area contributed by atoms with Crippen LogP contribution in [-0.4, -0.2) is 29.6 Å². The summed E-state index contributed by atoms with van der Waals surface area (Å²) >= 11 is 5.90. The first-order valence-electron chi connectivity index (χ1n) is 7.24. The maximum absolute atomic E-state index is 9.65. The molecule has 0 radical (unpaired) electrons. The molecule has 2 rings (SSSR count). The number of anilines is 1. The highest BCUT2D eigenvalue weighted by Gasteiger charge is 2.33. The molecule has 1 heterocycles. The first-order chi connectivity index (χ1) is 9.54. The Kier molecular flexibility index (Phi) is 4.91. The van der Waals surface area contributed by atoms with Crippen LogP contribution in [0.4, 0.5) is 5.69 Å². The van der Waals surface area contributed by atoms with E-state index in [-0.39, 0.29) is 0 Å². The first-order valence-corrected chi connectivity index (χ1v) is 7.61. The van der Waals surface area contributed by atoms with E-state index in [1.54, 1.807) is 0 Å². The summed E-state index contributed by atoms with van der Waals surface area (Å²) in [5.41, 5.74) is 0.506. The second-order valence-corrected chi connectivity index (χ2v) is 6.25.